The number of unbranched alkanes of at least 4 members (excludes halogenated alkanes) is 1. The molecule has 140 valence electrons. The number of ether oxygens (including phenoxy) is 1. The molecule has 0 saturated carbocycles. The Balaban J connectivity index is 3.08. The Morgan fingerprint density at radius 2 is 2.16 bits per heavy atom. The third-order valence-corrected chi connectivity index (χ3v) is 5.51. The second kappa shape index (κ2) is 9.58. The van der Waals surface area contributed by atoms with Crippen molar-refractivity contribution in [1.82, 2.24) is 9.29 Å². The highest BCUT2D eigenvalue weighted by Crippen LogP contribution is 2.24. The van der Waals surface area contributed by atoms with E-state index in [-0.39, 0.29) is 23.1 Å². The van der Waals surface area contributed by atoms with Crippen molar-refractivity contribution in [3.8, 4) is 0 Å². The molecule has 6 nitrogen and oxygen atoms in total. The first kappa shape index (κ1) is 21.2. The van der Waals surface area contributed by atoms with E-state index in [9.17, 15) is 13.2 Å². The van der Waals surface area contributed by atoms with Crippen LogP contribution in [0.4, 0.5) is 0 Å². The van der Waals surface area contributed by atoms with Gasteiger partial charge in [0.1, 0.15) is 10.6 Å². The van der Waals surface area contributed by atoms with Crippen molar-refractivity contribution in [2.75, 3.05) is 7.11 Å². The summed E-state index contributed by atoms with van der Waals surface area (Å²) in [7, 11) is -0.849. The Bertz CT molecular complexity index is 733. The number of hydrogen-bond acceptors (Lipinski definition) is 4. The van der Waals surface area contributed by atoms with Crippen molar-refractivity contribution in [2.24, 2.45) is 7.05 Å². The van der Waals surface area contributed by atoms with Crippen LogP contribution >= 0.6 is 0 Å². The van der Waals surface area contributed by atoms with Crippen LogP contribution in [0.25, 0.3) is 0 Å². The van der Waals surface area contributed by atoms with E-state index in [1.165, 1.54) is 17.9 Å². The lowest BCUT2D eigenvalue weighted by molar-refractivity contribution is 0.0588. The summed E-state index contributed by atoms with van der Waals surface area (Å²) in [5.41, 5.74) is 0.626. The van der Waals surface area contributed by atoms with Crippen LogP contribution < -0.4 is 4.72 Å². The number of aryl methyl sites for hydroxylation is 1. The van der Waals surface area contributed by atoms with E-state index in [0.717, 1.165) is 19.3 Å². The number of aromatic nitrogens is 1. The third kappa shape index (κ3) is 5.57. The van der Waals surface area contributed by atoms with Crippen molar-refractivity contribution in [3.63, 3.8) is 0 Å². The number of sulfonamides is 1. The van der Waals surface area contributed by atoms with Crippen LogP contribution in [0.2, 0.25) is 0 Å². The van der Waals surface area contributed by atoms with Crippen LogP contribution in [0.3, 0.4) is 0 Å². The number of nitrogens with one attached hydrogen (secondary N) is 1. The molecule has 1 unspecified atom stereocenters. The minimum absolute atomic E-state index is 0.0932. The molecule has 1 aromatic heterocycles. The maximum Gasteiger partial charge on any atom is 0.355 e. The molecule has 0 aliphatic heterocycles. The average molecular weight is 368 g/mol. The van der Waals surface area contributed by atoms with E-state index < -0.39 is 16.0 Å². The average Bonchev–Trinajstić information content (AvgIpc) is 2.88. The van der Waals surface area contributed by atoms with Gasteiger partial charge >= 0.3 is 5.97 Å². The minimum Gasteiger partial charge on any atom is -0.464 e. The van der Waals surface area contributed by atoms with Crippen molar-refractivity contribution in [3.05, 3.63) is 42.3 Å². The molecule has 0 aromatic carbocycles. The van der Waals surface area contributed by atoms with Gasteiger partial charge in [-0.15, -0.1) is 6.58 Å². The van der Waals surface area contributed by atoms with Gasteiger partial charge in [0.25, 0.3) is 0 Å². The fraction of sp³-hybridized carbons (Fsp3) is 0.500. The molecular weight excluding hydrogens is 340 g/mol. The topological polar surface area (TPSA) is 77.4 Å². The number of carbonyl (C=O) groups excluding carboxylic acids is 1. The van der Waals surface area contributed by atoms with Crippen LogP contribution in [0.1, 0.15) is 49.2 Å². The summed E-state index contributed by atoms with van der Waals surface area (Å²) in [4.78, 5) is 12.1. The van der Waals surface area contributed by atoms with Crippen LogP contribution in [-0.2, 0) is 28.2 Å². The first-order valence-corrected chi connectivity index (χ1v) is 9.77. The molecule has 25 heavy (non-hydrogen) atoms. The van der Waals surface area contributed by atoms with Gasteiger partial charge in [-0.2, -0.15) is 0 Å². The molecule has 1 aromatic rings. The summed E-state index contributed by atoms with van der Waals surface area (Å²) in [6.07, 6.45) is 9.87. The maximum absolute atomic E-state index is 12.8. The number of methoxy groups -OCH3 is 1. The molecule has 0 aliphatic carbocycles. The molecule has 0 radical (unpaired) electrons. The largest absolute Gasteiger partial charge is 0.464 e. The molecule has 1 atom stereocenters. The lowest BCUT2D eigenvalue weighted by Gasteiger charge is -2.14. The van der Waals surface area contributed by atoms with E-state index in [4.69, 9.17) is 4.74 Å². The van der Waals surface area contributed by atoms with Gasteiger partial charge in [-0.25, -0.2) is 17.9 Å². The smallest absolute Gasteiger partial charge is 0.355 e. The molecule has 0 spiro atoms. The van der Waals surface area contributed by atoms with Gasteiger partial charge in [-0.1, -0.05) is 18.2 Å². The lowest BCUT2D eigenvalue weighted by atomic mass is 10.1. The number of carbonyl (C=O) groups is 1. The van der Waals surface area contributed by atoms with E-state index in [1.54, 1.807) is 13.1 Å². The van der Waals surface area contributed by atoms with Crippen molar-refractivity contribution >= 4 is 16.0 Å². The van der Waals surface area contributed by atoms with Crippen LogP contribution in [0.5, 0.6) is 0 Å². The fourth-order valence-corrected chi connectivity index (χ4v) is 4.26. The van der Waals surface area contributed by atoms with Crippen LogP contribution in [0.15, 0.2) is 35.9 Å². The zero-order valence-electron chi connectivity index (χ0n) is 15.4. The summed E-state index contributed by atoms with van der Waals surface area (Å²) in [6.45, 7) is 7.45. The zero-order valence-corrected chi connectivity index (χ0v) is 16.2. The SMILES string of the molecule is C=CCc1c(S(=O)(=O)NC(C)CCC/C=C/C)cn(C)c1C(=O)OC. The molecule has 0 aliphatic rings. The monoisotopic (exact) mass is 368 g/mol. The Labute approximate surface area is 150 Å². The number of esters is 1. The number of hydrogen-bond donors (Lipinski definition) is 1. The number of allylic oxidation sites excluding steroid dienone is 3. The van der Waals surface area contributed by atoms with Gasteiger partial charge in [0, 0.05) is 24.8 Å². The van der Waals surface area contributed by atoms with Gasteiger partial charge in [0.2, 0.25) is 10.0 Å². The summed E-state index contributed by atoms with van der Waals surface area (Å²) in [5, 5.41) is 0. The molecule has 0 amide bonds. The second-order valence-corrected chi connectivity index (χ2v) is 7.62. The highest BCUT2D eigenvalue weighted by molar-refractivity contribution is 7.89. The lowest BCUT2D eigenvalue weighted by Crippen LogP contribution is -2.32. The van der Waals surface area contributed by atoms with Crippen molar-refractivity contribution in [2.45, 2.75) is 50.5 Å². The van der Waals surface area contributed by atoms with E-state index >= 15 is 0 Å². The van der Waals surface area contributed by atoms with E-state index in [2.05, 4.69) is 17.4 Å². The molecule has 0 fully saturated rings. The summed E-state index contributed by atoms with van der Waals surface area (Å²) >= 11 is 0. The Hall–Kier alpha value is -1.86. The highest BCUT2D eigenvalue weighted by atomic mass is 32.2. The van der Waals surface area contributed by atoms with Crippen LogP contribution in [-0.4, -0.2) is 32.1 Å². The van der Waals surface area contributed by atoms with E-state index in [0.29, 0.717) is 5.56 Å². The Morgan fingerprint density at radius 1 is 1.48 bits per heavy atom. The Morgan fingerprint density at radius 3 is 2.72 bits per heavy atom. The number of nitrogens with zero attached hydrogens (tertiary/aromatic N) is 1. The van der Waals surface area contributed by atoms with Gasteiger partial charge in [-0.3, -0.25) is 0 Å². The minimum atomic E-state index is -3.74. The predicted octanol–water partition coefficient (Wildman–Crippen LogP) is 2.95. The standard InChI is InChI=1S/C18H28N2O4S/c1-6-8-9-10-12-14(3)19-25(22,23)16-13-20(4)17(18(21)24-5)15(16)11-7-2/h6-8,13-14,19H,2,9-12H2,1,3-5H3/b8-6+. The molecule has 0 bridgehead atoms. The summed E-state index contributed by atoms with van der Waals surface area (Å²) < 4.78 is 34.5. The normalized spacial score (nSPS) is 13.1. The van der Waals surface area contributed by atoms with Crippen molar-refractivity contribution in [1.29, 1.82) is 0 Å². The molecule has 7 heteroatoms. The molecular formula is C18H28N2O4S. The van der Waals surface area contributed by atoms with Gasteiger partial charge < -0.3 is 9.30 Å². The predicted molar refractivity (Wildman–Crippen MR) is 99.1 cm³/mol. The molecule has 1 rings (SSSR count). The van der Waals surface area contributed by atoms with Gasteiger partial charge in [0.05, 0.1) is 7.11 Å². The zero-order chi connectivity index (χ0) is 19.0. The molecule has 1 N–H and O–H groups in total. The second-order valence-electron chi connectivity index (χ2n) is 5.94. The van der Waals surface area contributed by atoms with Crippen molar-refractivity contribution < 1.29 is 17.9 Å². The quantitative estimate of drug-likeness (QED) is 0.391. The summed E-state index contributed by atoms with van der Waals surface area (Å²) in [5.74, 6) is -0.569. The molecule has 1 heterocycles. The highest BCUT2D eigenvalue weighted by Gasteiger charge is 2.28. The van der Waals surface area contributed by atoms with E-state index in [1.807, 2.05) is 19.9 Å². The molecule has 0 saturated heterocycles. The van der Waals surface area contributed by atoms with Crippen LogP contribution in [0, 0.1) is 0 Å². The van der Waals surface area contributed by atoms with Gasteiger partial charge in [0.15, 0.2) is 0 Å². The summed E-state index contributed by atoms with van der Waals surface area (Å²) in [6, 6.07) is -0.200. The maximum atomic E-state index is 12.8. The Kier molecular flexibility index (Phi) is 8.12. The van der Waals surface area contributed by atoms with Gasteiger partial charge in [-0.05, 0) is 39.5 Å². The number of rotatable bonds is 10. The third-order valence-electron chi connectivity index (χ3n) is 3.86. The fourth-order valence-electron chi connectivity index (χ4n) is 2.68. The first-order chi connectivity index (χ1) is 11.8. The first-order valence-electron chi connectivity index (χ1n) is 8.29.